The molecule has 1 aromatic carbocycles. The number of nitrogens with two attached hydrogens (primary N) is 1. The molecule has 0 aliphatic carbocycles. The van der Waals surface area contributed by atoms with Gasteiger partial charge in [-0.3, -0.25) is 4.98 Å². The van der Waals surface area contributed by atoms with Gasteiger partial charge in [-0.05, 0) is 37.6 Å². The van der Waals surface area contributed by atoms with Crippen LogP contribution in [0.15, 0.2) is 48.5 Å². The molecule has 1 aromatic heterocycles. The van der Waals surface area contributed by atoms with Gasteiger partial charge in [0.15, 0.2) is 0 Å². The molecule has 0 spiro atoms. The average molecular weight is 283 g/mol. The molecule has 3 heteroatoms. The molecule has 0 fully saturated rings. The van der Waals surface area contributed by atoms with Crippen LogP contribution in [-0.2, 0) is 6.54 Å². The normalized spacial score (nSPS) is 14.1. The first-order valence-corrected chi connectivity index (χ1v) is 7.48. The summed E-state index contributed by atoms with van der Waals surface area (Å²) in [6, 6.07) is 16.5. The highest BCUT2D eigenvalue weighted by Crippen LogP contribution is 2.20. The molecule has 0 aliphatic heterocycles. The zero-order chi connectivity index (χ0) is 15.2. The molecule has 0 bridgehead atoms. The Morgan fingerprint density at radius 3 is 2.48 bits per heavy atom. The van der Waals surface area contributed by atoms with Crippen LogP contribution in [0.4, 0.5) is 0 Å². The molecule has 1 heterocycles. The summed E-state index contributed by atoms with van der Waals surface area (Å²) in [5, 5.41) is 0. The molecule has 0 amide bonds. The molecule has 21 heavy (non-hydrogen) atoms. The van der Waals surface area contributed by atoms with Crippen LogP contribution in [0.1, 0.15) is 29.9 Å². The third-order valence-electron chi connectivity index (χ3n) is 3.78. The highest BCUT2D eigenvalue weighted by Gasteiger charge is 2.16. The lowest BCUT2D eigenvalue weighted by Crippen LogP contribution is -2.31. The van der Waals surface area contributed by atoms with E-state index < -0.39 is 0 Å². The largest absolute Gasteiger partial charge is 0.324 e. The van der Waals surface area contributed by atoms with E-state index in [1.54, 1.807) is 0 Å². The molecule has 0 radical (unpaired) electrons. The molecule has 2 aromatic rings. The van der Waals surface area contributed by atoms with Crippen molar-refractivity contribution in [1.29, 1.82) is 0 Å². The second-order valence-electron chi connectivity index (χ2n) is 5.88. The maximum atomic E-state index is 6.36. The van der Waals surface area contributed by atoms with Gasteiger partial charge in [0.05, 0.1) is 5.69 Å². The van der Waals surface area contributed by atoms with E-state index >= 15 is 0 Å². The van der Waals surface area contributed by atoms with Crippen LogP contribution in [0.3, 0.4) is 0 Å². The third-order valence-corrected chi connectivity index (χ3v) is 3.78. The third kappa shape index (κ3) is 4.66. The van der Waals surface area contributed by atoms with E-state index in [-0.39, 0.29) is 6.04 Å². The standard InChI is InChI=1S/C18H25N3/c1-14(18(19)16-9-5-4-6-10-16)12-21(3)13-17-11-7-8-15(2)20-17/h4-11,14,18H,12-13,19H2,1-3H3. The molecule has 0 saturated carbocycles. The number of benzene rings is 1. The number of hydrogen-bond donors (Lipinski definition) is 1. The number of aryl methyl sites for hydroxylation is 1. The minimum absolute atomic E-state index is 0.0686. The van der Waals surface area contributed by atoms with Crippen LogP contribution in [0.2, 0.25) is 0 Å². The van der Waals surface area contributed by atoms with Crippen LogP contribution in [-0.4, -0.2) is 23.5 Å². The van der Waals surface area contributed by atoms with Crippen molar-refractivity contribution in [2.75, 3.05) is 13.6 Å². The molecule has 112 valence electrons. The number of pyridine rings is 1. The SMILES string of the molecule is Cc1cccc(CN(C)CC(C)C(N)c2ccccc2)n1. The van der Waals surface area contributed by atoms with E-state index in [4.69, 9.17) is 5.73 Å². The fourth-order valence-electron chi connectivity index (χ4n) is 2.64. The summed E-state index contributed by atoms with van der Waals surface area (Å²) >= 11 is 0. The van der Waals surface area contributed by atoms with Gasteiger partial charge in [0.1, 0.15) is 0 Å². The Morgan fingerprint density at radius 1 is 1.10 bits per heavy atom. The van der Waals surface area contributed by atoms with Crippen LogP contribution >= 0.6 is 0 Å². The number of aromatic nitrogens is 1. The smallest absolute Gasteiger partial charge is 0.0547 e. The van der Waals surface area contributed by atoms with Gasteiger partial charge >= 0.3 is 0 Å². The molecule has 0 saturated heterocycles. The minimum Gasteiger partial charge on any atom is -0.324 e. The Labute approximate surface area is 127 Å². The van der Waals surface area contributed by atoms with E-state index in [2.05, 4.69) is 48.1 Å². The average Bonchev–Trinajstić information content (AvgIpc) is 2.47. The summed E-state index contributed by atoms with van der Waals surface area (Å²) < 4.78 is 0. The Morgan fingerprint density at radius 2 is 1.81 bits per heavy atom. The van der Waals surface area contributed by atoms with Gasteiger partial charge < -0.3 is 10.6 Å². The van der Waals surface area contributed by atoms with Gasteiger partial charge in [0.2, 0.25) is 0 Å². The lowest BCUT2D eigenvalue weighted by atomic mass is 9.95. The quantitative estimate of drug-likeness (QED) is 0.885. The van der Waals surface area contributed by atoms with Crippen LogP contribution in [0.25, 0.3) is 0 Å². The monoisotopic (exact) mass is 283 g/mol. The van der Waals surface area contributed by atoms with Gasteiger partial charge in [0, 0.05) is 24.8 Å². The highest BCUT2D eigenvalue weighted by atomic mass is 15.1. The summed E-state index contributed by atoms with van der Waals surface area (Å²) in [7, 11) is 2.12. The Bertz CT molecular complexity index is 553. The predicted octanol–water partition coefficient (Wildman–Crippen LogP) is 3.16. The maximum Gasteiger partial charge on any atom is 0.0547 e. The summed E-state index contributed by atoms with van der Waals surface area (Å²) in [5.74, 6) is 0.391. The number of nitrogens with zero attached hydrogens (tertiary/aromatic N) is 2. The first-order chi connectivity index (χ1) is 10.1. The fourth-order valence-corrected chi connectivity index (χ4v) is 2.64. The van der Waals surface area contributed by atoms with Crippen LogP contribution < -0.4 is 5.73 Å². The fraction of sp³-hybridized carbons (Fsp3) is 0.389. The van der Waals surface area contributed by atoms with E-state index in [0.29, 0.717) is 5.92 Å². The zero-order valence-corrected chi connectivity index (χ0v) is 13.2. The maximum absolute atomic E-state index is 6.36. The molecular weight excluding hydrogens is 258 g/mol. The molecule has 2 unspecified atom stereocenters. The summed E-state index contributed by atoms with van der Waals surface area (Å²) in [5.41, 5.74) is 9.74. The topological polar surface area (TPSA) is 42.1 Å². The van der Waals surface area contributed by atoms with E-state index in [1.807, 2.05) is 31.2 Å². The molecular formula is C18H25N3. The van der Waals surface area contributed by atoms with Crippen molar-refractivity contribution in [2.45, 2.75) is 26.4 Å². The summed E-state index contributed by atoms with van der Waals surface area (Å²) in [6.07, 6.45) is 0. The minimum atomic E-state index is 0.0686. The zero-order valence-electron chi connectivity index (χ0n) is 13.2. The Kier molecular flexibility index (Phi) is 5.48. The first-order valence-electron chi connectivity index (χ1n) is 7.48. The van der Waals surface area contributed by atoms with Gasteiger partial charge in [0.25, 0.3) is 0 Å². The van der Waals surface area contributed by atoms with Crippen molar-refractivity contribution in [3.63, 3.8) is 0 Å². The molecule has 3 nitrogen and oxygen atoms in total. The second kappa shape index (κ2) is 7.34. The summed E-state index contributed by atoms with van der Waals surface area (Å²) in [6.45, 7) is 6.04. The van der Waals surface area contributed by atoms with Crippen LogP contribution in [0, 0.1) is 12.8 Å². The van der Waals surface area contributed by atoms with Crippen molar-refractivity contribution in [2.24, 2.45) is 11.7 Å². The highest BCUT2D eigenvalue weighted by molar-refractivity contribution is 5.19. The lowest BCUT2D eigenvalue weighted by molar-refractivity contribution is 0.255. The van der Waals surface area contributed by atoms with Crippen LogP contribution in [0.5, 0.6) is 0 Å². The molecule has 2 atom stereocenters. The first kappa shape index (κ1) is 15.7. The second-order valence-corrected chi connectivity index (χ2v) is 5.88. The van der Waals surface area contributed by atoms with Crippen molar-refractivity contribution in [3.8, 4) is 0 Å². The van der Waals surface area contributed by atoms with E-state index in [0.717, 1.165) is 24.5 Å². The van der Waals surface area contributed by atoms with Crippen molar-refractivity contribution < 1.29 is 0 Å². The van der Waals surface area contributed by atoms with Crippen molar-refractivity contribution in [1.82, 2.24) is 9.88 Å². The van der Waals surface area contributed by atoms with E-state index in [9.17, 15) is 0 Å². The predicted molar refractivity (Wildman–Crippen MR) is 87.8 cm³/mol. The molecule has 2 N–H and O–H groups in total. The Hall–Kier alpha value is -1.71. The van der Waals surface area contributed by atoms with Crippen molar-refractivity contribution >= 4 is 0 Å². The van der Waals surface area contributed by atoms with Gasteiger partial charge in [-0.2, -0.15) is 0 Å². The van der Waals surface area contributed by atoms with Crippen molar-refractivity contribution in [3.05, 3.63) is 65.5 Å². The lowest BCUT2D eigenvalue weighted by Gasteiger charge is -2.26. The van der Waals surface area contributed by atoms with E-state index in [1.165, 1.54) is 5.56 Å². The molecule has 0 aliphatic rings. The Balaban J connectivity index is 1.91. The number of rotatable bonds is 6. The molecule has 2 rings (SSSR count). The van der Waals surface area contributed by atoms with Gasteiger partial charge in [-0.15, -0.1) is 0 Å². The number of hydrogen-bond acceptors (Lipinski definition) is 3. The van der Waals surface area contributed by atoms with Gasteiger partial charge in [-0.25, -0.2) is 0 Å². The van der Waals surface area contributed by atoms with Gasteiger partial charge in [-0.1, -0.05) is 43.3 Å². The summed E-state index contributed by atoms with van der Waals surface area (Å²) in [4.78, 5) is 6.84.